The minimum Gasteiger partial charge on any atom is -0.481 e. The van der Waals surface area contributed by atoms with Crippen molar-refractivity contribution in [3.8, 4) is 0 Å². The van der Waals surface area contributed by atoms with E-state index in [1.54, 1.807) is 0 Å². The molecule has 6 nitrogen and oxygen atoms in total. The Morgan fingerprint density at radius 2 is 2.10 bits per heavy atom. The standard InChI is InChI=1S/C14H24N2O4/c1-11-4-2-3-5-16(11)13(17)10-15-6-7-20-12(9-15)8-14(18)19/h11-12H,2-10H2,1H3,(H,18,19). The van der Waals surface area contributed by atoms with E-state index in [-0.39, 0.29) is 18.4 Å². The zero-order chi connectivity index (χ0) is 14.5. The lowest BCUT2D eigenvalue weighted by molar-refractivity contribution is -0.143. The van der Waals surface area contributed by atoms with Crippen LogP contribution in [0.25, 0.3) is 0 Å². The van der Waals surface area contributed by atoms with Gasteiger partial charge >= 0.3 is 5.97 Å². The lowest BCUT2D eigenvalue weighted by Crippen LogP contribution is -2.51. The van der Waals surface area contributed by atoms with Crippen molar-refractivity contribution >= 4 is 11.9 Å². The summed E-state index contributed by atoms with van der Waals surface area (Å²) in [6.45, 7) is 5.06. The van der Waals surface area contributed by atoms with E-state index in [1.807, 2.05) is 9.80 Å². The van der Waals surface area contributed by atoms with Crippen LogP contribution in [0.15, 0.2) is 0 Å². The molecule has 6 heteroatoms. The number of amides is 1. The summed E-state index contributed by atoms with van der Waals surface area (Å²) in [5.41, 5.74) is 0. The molecule has 2 fully saturated rings. The fourth-order valence-corrected chi connectivity index (χ4v) is 2.99. The first kappa shape index (κ1) is 15.3. The fraction of sp³-hybridized carbons (Fsp3) is 0.857. The van der Waals surface area contributed by atoms with Crippen LogP contribution in [0.3, 0.4) is 0 Å². The van der Waals surface area contributed by atoms with Gasteiger partial charge in [-0.15, -0.1) is 0 Å². The number of aliphatic carboxylic acids is 1. The maximum atomic E-state index is 12.3. The number of piperidine rings is 1. The van der Waals surface area contributed by atoms with Gasteiger partial charge in [0.15, 0.2) is 0 Å². The number of nitrogens with zero attached hydrogens (tertiary/aromatic N) is 2. The van der Waals surface area contributed by atoms with Gasteiger partial charge in [-0.2, -0.15) is 0 Å². The Hall–Kier alpha value is -1.14. The van der Waals surface area contributed by atoms with Crippen molar-refractivity contribution in [2.24, 2.45) is 0 Å². The molecular formula is C14H24N2O4. The predicted molar refractivity (Wildman–Crippen MR) is 73.5 cm³/mol. The van der Waals surface area contributed by atoms with Gasteiger partial charge in [0, 0.05) is 25.7 Å². The number of carbonyl (C=O) groups is 2. The molecule has 2 unspecified atom stereocenters. The summed E-state index contributed by atoms with van der Waals surface area (Å²) in [6.07, 6.45) is 3.07. The van der Waals surface area contributed by atoms with Crippen molar-refractivity contribution in [1.82, 2.24) is 9.80 Å². The molecule has 2 rings (SSSR count). The van der Waals surface area contributed by atoms with Crippen LogP contribution in [-0.4, -0.2) is 71.7 Å². The predicted octanol–water partition coefficient (Wildman–Crippen LogP) is 0.563. The summed E-state index contributed by atoms with van der Waals surface area (Å²) in [4.78, 5) is 27.0. The molecule has 2 heterocycles. The van der Waals surface area contributed by atoms with Crippen LogP contribution in [-0.2, 0) is 14.3 Å². The third kappa shape index (κ3) is 4.18. The monoisotopic (exact) mass is 284 g/mol. The summed E-state index contributed by atoms with van der Waals surface area (Å²) in [6, 6.07) is 0.326. The molecule has 2 aliphatic rings. The molecule has 114 valence electrons. The molecule has 20 heavy (non-hydrogen) atoms. The van der Waals surface area contributed by atoms with E-state index >= 15 is 0 Å². The number of carboxylic acids is 1. The highest BCUT2D eigenvalue weighted by Crippen LogP contribution is 2.17. The van der Waals surface area contributed by atoms with Crippen LogP contribution in [0.4, 0.5) is 0 Å². The molecule has 0 radical (unpaired) electrons. The lowest BCUT2D eigenvalue weighted by atomic mass is 10.0. The van der Waals surface area contributed by atoms with Crippen molar-refractivity contribution in [2.45, 2.75) is 44.8 Å². The summed E-state index contributed by atoms with van der Waals surface area (Å²) < 4.78 is 5.42. The Kier molecular flexibility index (Phi) is 5.37. The molecule has 2 atom stereocenters. The van der Waals surface area contributed by atoms with E-state index in [2.05, 4.69) is 6.92 Å². The molecule has 1 N–H and O–H groups in total. The fourth-order valence-electron chi connectivity index (χ4n) is 2.99. The third-order valence-corrected chi connectivity index (χ3v) is 4.11. The van der Waals surface area contributed by atoms with Gasteiger partial charge in [0.2, 0.25) is 5.91 Å². The largest absolute Gasteiger partial charge is 0.481 e. The molecular weight excluding hydrogens is 260 g/mol. The molecule has 2 saturated heterocycles. The average Bonchev–Trinajstić information content (AvgIpc) is 2.38. The number of hydrogen-bond acceptors (Lipinski definition) is 4. The lowest BCUT2D eigenvalue weighted by Gasteiger charge is -2.37. The van der Waals surface area contributed by atoms with Gasteiger partial charge in [0.25, 0.3) is 0 Å². The average molecular weight is 284 g/mol. The number of ether oxygens (including phenoxy) is 1. The van der Waals surface area contributed by atoms with Crippen LogP contribution in [0.2, 0.25) is 0 Å². The number of hydrogen-bond donors (Lipinski definition) is 1. The van der Waals surface area contributed by atoms with Crippen molar-refractivity contribution in [2.75, 3.05) is 32.8 Å². The van der Waals surface area contributed by atoms with Crippen LogP contribution in [0.5, 0.6) is 0 Å². The Labute approximate surface area is 119 Å². The van der Waals surface area contributed by atoms with Crippen LogP contribution >= 0.6 is 0 Å². The van der Waals surface area contributed by atoms with Gasteiger partial charge < -0.3 is 14.7 Å². The highest BCUT2D eigenvalue weighted by molar-refractivity contribution is 5.78. The second-order valence-corrected chi connectivity index (χ2v) is 5.76. The number of likely N-dealkylation sites (tertiary alicyclic amines) is 1. The van der Waals surface area contributed by atoms with Crippen molar-refractivity contribution in [3.05, 3.63) is 0 Å². The molecule has 2 aliphatic heterocycles. The molecule has 0 aromatic carbocycles. The van der Waals surface area contributed by atoms with Gasteiger partial charge in [0.1, 0.15) is 0 Å². The Balaban J connectivity index is 1.82. The Morgan fingerprint density at radius 1 is 1.30 bits per heavy atom. The van der Waals surface area contributed by atoms with Gasteiger partial charge in [0.05, 0.1) is 25.7 Å². The first-order chi connectivity index (χ1) is 9.56. The van der Waals surface area contributed by atoms with E-state index in [0.29, 0.717) is 32.3 Å². The molecule has 0 spiro atoms. The smallest absolute Gasteiger partial charge is 0.306 e. The number of rotatable bonds is 4. The summed E-state index contributed by atoms with van der Waals surface area (Å²) in [7, 11) is 0. The van der Waals surface area contributed by atoms with Crippen molar-refractivity contribution in [3.63, 3.8) is 0 Å². The minimum atomic E-state index is -0.854. The molecule has 0 aliphatic carbocycles. The molecule has 0 aromatic rings. The summed E-state index contributed by atoms with van der Waals surface area (Å²) in [5, 5.41) is 8.80. The van der Waals surface area contributed by atoms with E-state index in [1.165, 1.54) is 6.42 Å². The minimum absolute atomic E-state index is 0.00477. The normalized spacial score (nSPS) is 28.4. The SMILES string of the molecule is CC1CCCCN1C(=O)CN1CCOC(CC(=O)O)C1. The number of morpholine rings is 1. The Morgan fingerprint density at radius 3 is 2.80 bits per heavy atom. The molecule has 0 saturated carbocycles. The quantitative estimate of drug-likeness (QED) is 0.817. The van der Waals surface area contributed by atoms with Crippen LogP contribution in [0.1, 0.15) is 32.6 Å². The topological polar surface area (TPSA) is 70.1 Å². The van der Waals surface area contributed by atoms with E-state index in [4.69, 9.17) is 9.84 Å². The zero-order valence-electron chi connectivity index (χ0n) is 12.1. The summed E-state index contributed by atoms with van der Waals surface area (Å²) in [5.74, 6) is -0.694. The van der Waals surface area contributed by atoms with Crippen LogP contribution in [0, 0.1) is 0 Å². The maximum absolute atomic E-state index is 12.3. The van der Waals surface area contributed by atoms with Gasteiger partial charge in [-0.05, 0) is 26.2 Å². The van der Waals surface area contributed by atoms with Gasteiger partial charge in [-0.1, -0.05) is 0 Å². The summed E-state index contributed by atoms with van der Waals surface area (Å²) >= 11 is 0. The Bertz CT molecular complexity index is 361. The second-order valence-electron chi connectivity index (χ2n) is 5.76. The number of carbonyl (C=O) groups excluding carboxylic acids is 1. The van der Waals surface area contributed by atoms with E-state index < -0.39 is 5.97 Å². The van der Waals surface area contributed by atoms with Gasteiger partial charge in [-0.25, -0.2) is 0 Å². The first-order valence-corrected chi connectivity index (χ1v) is 7.41. The van der Waals surface area contributed by atoms with Crippen LogP contribution < -0.4 is 0 Å². The first-order valence-electron chi connectivity index (χ1n) is 7.41. The highest BCUT2D eigenvalue weighted by atomic mass is 16.5. The van der Waals surface area contributed by atoms with E-state index in [0.717, 1.165) is 19.4 Å². The molecule has 1 amide bonds. The third-order valence-electron chi connectivity index (χ3n) is 4.11. The zero-order valence-corrected chi connectivity index (χ0v) is 12.1. The number of carboxylic acid groups (broad SMARTS) is 1. The van der Waals surface area contributed by atoms with E-state index in [9.17, 15) is 9.59 Å². The highest BCUT2D eigenvalue weighted by Gasteiger charge is 2.28. The van der Waals surface area contributed by atoms with Crippen molar-refractivity contribution < 1.29 is 19.4 Å². The molecule has 0 aromatic heterocycles. The van der Waals surface area contributed by atoms with Gasteiger partial charge in [-0.3, -0.25) is 14.5 Å². The maximum Gasteiger partial charge on any atom is 0.306 e. The second kappa shape index (κ2) is 7.04. The molecule has 0 bridgehead atoms. The van der Waals surface area contributed by atoms with Crippen molar-refractivity contribution in [1.29, 1.82) is 0 Å².